The van der Waals surface area contributed by atoms with Crippen LogP contribution in [0.25, 0.3) is 0 Å². The highest BCUT2D eigenvalue weighted by molar-refractivity contribution is 5.78. The number of ether oxygens (including phenoxy) is 1. The highest BCUT2D eigenvalue weighted by Crippen LogP contribution is 2.25. The van der Waals surface area contributed by atoms with Crippen LogP contribution in [-0.4, -0.2) is 50.4 Å². The summed E-state index contributed by atoms with van der Waals surface area (Å²) in [5.41, 5.74) is 3.64. The van der Waals surface area contributed by atoms with Gasteiger partial charge in [0.15, 0.2) is 0 Å². The van der Waals surface area contributed by atoms with Crippen molar-refractivity contribution in [1.82, 2.24) is 15.5 Å². The number of benzene rings is 2. The van der Waals surface area contributed by atoms with E-state index in [1.807, 2.05) is 24.3 Å². The molecule has 0 radical (unpaired) electrons. The second-order valence-corrected chi connectivity index (χ2v) is 7.47. The van der Waals surface area contributed by atoms with E-state index in [2.05, 4.69) is 51.6 Å². The molecule has 2 aromatic carbocycles. The number of hydrogen-bond acceptors (Lipinski definition) is 5. The lowest BCUT2D eigenvalue weighted by molar-refractivity contribution is -0.127. The predicted octanol–water partition coefficient (Wildman–Crippen LogP) is 2.26. The van der Waals surface area contributed by atoms with Crippen molar-refractivity contribution in [2.45, 2.75) is 25.7 Å². The lowest BCUT2D eigenvalue weighted by atomic mass is 9.97. The van der Waals surface area contributed by atoms with Crippen molar-refractivity contribution >= 4 is 11.6 Å². The minimum Gasteiger partial charge on any atom is -0.497 e. The number of piperazine rings is 1. The molecule has 6 heteroatoms. The van der Waals surface area contributed by atoms with Crippen LogP contribution in [0.3, 0.4) is 0 Å². The first-order chi connectivity index (χ1) is 13.6. The molecular weight excluding hydrogens is 352 g/mol. The van der Waals surface area contributed by atoms with E-state index in [0.717, 1.165) is 31.9 Å². The van der Waals surface area contributed by atoms with Gasteiger partial charge in [-0.05, 0) is 42.3 Å². The van der Waals surface area contributed by atoms with E-state index in [-0.39, 0.29) is 18.2 Å². The SMILES string of the molecule is COc1ccc(N2CCN(C3NC(=O)CC(c4ccccc4C)N3)CC2)cc1. The zero-order valence-electron chi connectivity index (χ0n) is 16.5. The standard InChI is InChI=1S/C22H28N4O2/c1-16-5-3-4-6-19(16)20-15-21(27)24-22(23-20)26-13-11-25(12-14-26)17-7-9-18(28-2)10-8-17/h3-10,20,22-23H,11-15H2,1-2H3,(H,24,27). The Morgan fingerprint density at radius 2 is 1.71 bits per heavy atom. The molecule has 2 aromatic rings. The number of hydrogen-bond donors (Lipinski definition) is 2. The summed E-state index contributed by atoms with van der Waals surface area (Å²) < 4.78 is 5.24. The maximum atomic E-state index is 12.4. The molecule has 2 aliphatic heterocycles. The summed E-state index contributed by atoms with van der Waals surface area (Å²) in [6.07, 6.45) is 0.358. The topological polar surface area (TPSA) is 56.8 Å². The van der Waals surface area contributed by atoms with Gasteiger partial charge in [0.25, 0.3) is 0 Å². The highest BCUT2D eigenvalue weighted by atomic mass is 16.5. The van der Waals surface area contributed by atoms with E-state index in [4.69, 9.17) is 4.74 Å². The molecule has 2 heterocycles. The fourth-order valence-electron chi connectivity index (χ4n) is 4.09. The van der Waals surface area contributed by atoms with E-state index < -0.39 is 0 Å². The van der Waals surface area contributed by atoms with Crippen LogP contribution < -0.4 is 20.3 Å². The Hall–Kier alpha value is -2.57. The van der Waals surface area contributed by atoms with E-state index in [9.17, 15) is 4.79 Å². The monoisotopic (exact) mass is 380 g/mol. The van der Waals surface area contributed by atoms with Crippen molar-refractivity contribution < 1.29 is 9.53 Å². The van der Waals surface area contributed by atoms with Crippen molar-refractivity contribution in [3.63, 3.8) is 0 Å². The Kier molecular flexibility index (Phi) is 5.50. The maximum absolute atomic E-state index is 12.4. The lowest BCUT2D eigenvalue weighted by Gasteiger charge is -2.43. The van der Waals surface area contributed by atoms with Crippen LogP contribution in [0.15, 0.2) is 48.5 Å². The number of nitrogens with one attached hydrogen (secondary N) is 2. The molecule has 1 amide bonds. The van der Waals surface area contributed by atoms with Gasteiger partial charge in [-0.1, -0.05) is 24.3 Å². The number of carbonyl (C=O) groups is 1. The van der Waals surface area contributed by atoms with Gasteiger partial charge in [-0.25, -0.2) is 0 Å². The second-order valence-electron chi connectivity index (χ2n) is 7.47. The Bertz CT molecular complexity index is 816. The normalized spacial score (nSPS) is 23.4. The molecule has 2 N–H and O–H groups in total. The highest BCUT2D eigenvalue weighted by Gasteiger charge is 2.32. The van der Waals surface area contributed by atoms with Gasteiger partial charge in [0.1, 0.15) is 12.0 Å². The van der Waals surface area contributed by atoms with E-state index in [1.54, 1.807) is 7.11 Å². The summed E-state index contributed by atoms with van der Waals surface area (Å²) >= 11 is 0. The fourth-order valence-corrected chi connectivity index (χ4v) is 4.09. The third-order valence-corrected chi connectivity index (χ3v) is 5.73. The quantitative estimate of drug-likeness (QED) is 0.852. The molecule has 148 valence electrons. The van der Waals surface area contributed by atoms with Crippen LogP contribution >= 0.6 is 0 Å². The van der Waals surface area contributed by atoms with E-state index in [1.165, 1.54) is 16.8 Å². The van der Waals surface area contributed by atoms with Gasteiger partial charge < -0.3 is 15.0 Å². The van der Waals surface area contributed by atoms with Gasteiger partial charge in [-0.2, -0.15) is 0 Å². The van der Waals surface area contributed by atoms with Crippen molar-refractivity contribution in [2.24, 2.45) is 0 Å². The van der Waals surface area contributed by atoms with Crippen LogP contribution in [0.5, 0.6) is 5.75 Å². The molecule has 2 fully saturated rings. The molecule has 4 rings (SSSR count). The summed E-state index contributed by atoms with van der Waals surface area (Å²) in [5, 5.41) is 6.76. The number of carbonyl (C=O) groups excluding carboxylic acids is 1. The van der Waals surface area contributed by atoms with Crippen LogP contribution in [-0.2, 0) is 4.79 Å². The summed E-state index contributed by atoms with van der Waals surface area (Å²) in [5.74, 6) is 0.980. The van der Waals surface area contributed by atoms with Gasteiger partial charge in [0.2, 0.25) is 5.91 Å². The van der Waals surface area contributed by atoms with Crippen LogP contribution in [0.2, 0.25) is 0 Å². The maximum Gasteiger partial charge on any atom is 0.224 e. The summed E-state index contributed by atoms with van der Waals surface area (Å²) in [6.45, 7) is 5.74. The molecule has 6 nitrogen and oxygen atoms in total. The largest absolute Gasteiger partial charge is 0.497 e. The third-order valence-electron chi connectivity index (χ3n) is 5.73. The van der Waals surface area contributed by atoms with Crippen molar-refractivity contribution in [1.29, 1.82) is 0 Å². The lowest BCUT2D eigenvalue weighted by Crippen LogP contribution is -2.64. The van der Waals surface area contributed by atoms with Gasteiger partial charge in [-0.15, -0.1) is 0 Å². The molecule has 0 spiro atoms. The van der Waals surface area contributed by atoms with Crippen LogP contribution in [0.4, 0.5) is 5.69 Å². The third kappa shape index (κ3) is 3.98. The average molecular weight is 380 g/mol. The molecule has 2 aliphatic rings. The Labute approximate surface area is 166 Å². The number of nitrogens with zero attached hydrogens (tertiary/aromatic N) is 2. The minimum atomic E-state index is -0.121. The molecule has 0 bridgehead atoms. The number of methoxy groups -OCH3 is 1. The fraction of sp³-hybridized carbons (Fsp3) is 0.409. The second kappa shape index (κ2) is 8.20. The van der Waals surface area contributed by atoms with Crippen molar-refractivity contribution in [3.05, 3.63) is 59.7 Å². The number of aryl methyl sites for hydroxylation is 1. The molecule has 2 atom stereocenters. The van der Waals surface area contributed by atoms with Crippen molar-refractivity contribution in [3.8, 4) is 5.75 Å². The summed E-state index contributed by atoms with van der Waals surface area (Å²) in [4.78, 5) is 17.1. The molecule has 2 unspecified atom stereocenters. The first kappa shape index (κ1) is 18.8. The first-order valence-electron chi connectivity index (χ1n) is 9.88. The average Bonchev–Trinajstić information content (AvgIpc) is 2.74. The Morgan fingerprint density at radius 3 is 2.39 bits per heavy atom. The zero-order chi connectivity index (χ0) is 19.5. The van der Waals surface area contributed by atoms with Gasteiger partial charge in [0.05, 0.1) is 7.11 Å². The van der Waals surface area contributed by atoms with Crippen LogP contribution in [0.1, 0.15) is 23.6 Å². The van der Waals surface area contributed by atoms with Crippen LogP contribution in [0, 0.1) is 6.92 Å². The number of anilines is 1. The number of rotatable bonds is 4. The first-order valence-corrected chi connectivity index (χ1v) is 9.88. The minimum absolute atomic E-state index is 0.0552. The molecule has 28 heavy (non-hydrogen) atoms. The molecule has 0 aromatic heterocycles. The van der Waals surface area contributed by atoms with E-state index in [0.29, 0.717) is 6.42 Å². The Morgan fingerprint density at radius 1 is 1.00 bits per heavy atom. The predicted molar refractivity (Wildman–Crippen MR) is 110 cm³/mol. The molecular formula is C22H28N4O2. The molecule has 0 aliphatic carbocycles. The van der Waals surface area contributed by atoms with Gasteiger partial charge in [0, 0.05) is 44.3 Å². The Balaban J connectivity index is 1.39. The number of amides is 1. The molecule has 2 saturated heterocycles. The molecule has 0 saturated carbocycles. The summed E-state index contributed by atoms with van der Waals surface area (Å²) in [6, 6.07) is 16.5. The zero-order valence-corrected chi connectivity index (χ0v) is 16.5. The van der Waals surface area contributed by atoms with Gasteiger partial charge in [-0.3, -0.25) is 15.0 Å². The smallest absolute Gasteiger partial charge is 0.224 e. The summed E-state index contributed by atoms with van der Waals surface area (Å²) in [7, 11) is 1.68. The van der Waals surface area contributed by atoms with Gasteiger partial charge >= 0.3 is 0 Å². The van der Waals surface area contributed by atoms with Crippen molar-refractivity contribution in [2.75, 3.05) is 38.2 Å². The van der Waals surface area contributed by atoms with E-state index >= 15 is 0 Å².